The Morgan fingerprint density at radius 2 is 1.88 bits per heavy atom. The maximum atomic E-state index is 13.5. The van der Waals surface area contributed by atoms with Crippen molar-refractivity contribution in [2.75, 3.05) is 6.61 Å². The number of fused-ring (bicyclic) bond motifs is 1. The molecule has 32 heavy (non-hydrogen) atoms. The Hall–Kier alpha value is -3.29. The van der Waals surface area contributed by atoms with E-state index in [0.717, 1.165) is 52.8 Å². The van der Waals surface area contributed by atoms with Crippen molar-refractivity contribution >= 4 is 5.91 Å². The van der Waals surface area contributed by atoms with Crippen LogP contribution in [-0.2, 0) is 19.1 Å². The van der Waals surface area contributed by atoms with Crippen LogP contribution in [0.3, 0.4) is 0 Å². The van der Waals surface area contributed by atoms with E-state index >= 15 is 0 Å². The van der Waals surface area contributed by atoms with E-state index in [1.165, 1.54) is 5.56 Å². The molecule has 0 bridgehead atoms. The van der Waals surface area contributed by atoms with Crippen molar-refractivity contribution in [3.05, 3.63) is 71.0 Å². The lowest BCUT2D eigenvalue weighted by Crippen LogP contribution is -2.26. The average Bonchev–Trinajstić information content (AvgIpc) is 3.24. The smallest absolute Gasteiger partial charge is 0.433 e. The Morgan fingerprint density at radius 3 is 2.56 bits per heavy atom. The summed E-state index contributed by atoms with van der Waals surface area (Å²) in [7, 11) is 0. The summed E-state index contributed by atoms with van der Waals surface area (Å²) in [6, 6.07) is 13.2. The number of nitrogens with one attached hydrogen (secondary N) is 1. The van der Waals surface area contributed by atoms with Gasteiger partial charge >= 0.3 is 6.18 Å². The lowest BCUT2D eigenvalue weighted by molar-refractivity contribution is -0.145. The quantitative estimate of drug-likeness (QED) is 0.574. The molecule has 1 amide bonds. The second-order valence-electron chi connectivity index (χ2n) is 8.10. The number of rotatable bonds is 5. The predicted molar refractivity (Wildman–Crippen MR) is 114 cm³/mol. The van der Waals surface area contributed by atoms with Crippen LogP contribution in [0, 0.1) is 0 Å². The molecule has 8 heteroatoms. The van der Waals surface area contributed by atoms with E-state index in [1.54, 1.807) is 13.8 Å². The van der Waals surface area contributed by atoms with E-state index in [4.69, 9.17) is 4.74 Å². The molecule has 1 aliphatic heterocycles. The molecule has 0 radical (unpaired) electrons. The number of hydrogen-bond acceptors (Lipinski definition) is 3. The number of alkyl halides is 3. The zero-order valence-electron chi connectivity index (χ0n) is 17.9. The summed E-state index contributed by atoms with van der Waals surface area (Å²) in [5.41, 5.74) is 2.56. The molecular weight excluding hydrogens is 419 g/mol. The highest BCUT2D eigenvalue weighted by Gasteiger charge is 2.40. The first-order valence-electron chi connectivity index (χ1n) is 10.5. The largest absolute Gasteiger partial charge is 0.493 e. The van der Waals surface area contributed by atoms with Crippen LogP contribution in [0.1, 0.15) is 53.5 Å². The summed E-state index contributed by atoms with van der Waals surface area (Å²) < 4.78 is 46.9. The minimum atomic E-state index is -4.67. The summed E-state index contributed by atoms with van der Waals surface area (Å²) in [6.45, 7) is 4.03. The second kappa shape index (κ2) is 8.68. The van der Waals surface area contributed by atoms with Gasteiger partial charge in [0.2, 0.25) is 0 Å². The van der Waals surface area contributed by atoms with Crippen molar-refractivity contribution in [3.8, 4) is 16.9 Å². The molecule has 0 unspecified atom stereocenters. The van der Waals surface area contributed by atoms with Gasteiger partial charge in [-0.25, -0.2) is 0 Å². The topological polar surface area (TPSA) is 56.2 Å². The highest BCUT2D eigenvalue weighted by molar-refractivity contribution is 5.95. The van der Waals surface area contributed by atoms with Crippen molar-refractivity contribution in [3.63, 3.8) is 0 Å². The number of hydrogen-bond donors (Lipinski definition) is 1. The molecule has 1 aliphatic rings. The maximum Gasteiger partial charge on any atom is 0.433 e. The van der Waals surface area contributed by atoms with Crippen LogP contribution in [-0.4, -0.2) is 22.3 Å². The fourth-order valence-corrected chi connectivity index (χ4v) is 3.84. The van der Waals surface area contributed by atoms with Crippen LogP contribution in [0.5, 0.6) is 5.75 Å². The first-order chi connectivity index (χ1) is 15.2. The average molecular weight is 443 g/mol. The first-order valence-corrected chi connectivity index (χ1v) is 10.5. The number of halogens is 3. The van der Waals surface area contributed by atoms with Crippen LogP contribution in [0.2, 0.25) is 0 Å². The third-order valence-corrected chi connectivity index (χ3v) is 5.45. The van der Waals surface area contributed by atoms with Gasteiger partial charge in [0.1, 0.15) is 5.75 Å². The Bertz CT molecular complexity index is 1120. The standard InChI is InChI=1S/C24H24F3N3O2/c1-15(2)30-22(24(25,26)27)20(14-29-30)23(31)28-13-16-5-7-17(8-6-16)18-9-10-21-19(12-18)4-3-11-32-21/h5-10,12,14-15H,3-4,11,13H2,1-2H3,(H,28,31). The van der Waals surface area contributed by atoms with Gasteiger partial charge in [-0.1, -0.05) is 30.3 Å². The van der Waals surface area contributed by atoms with Gasteiger partial charge in [0, 0.05) is 12.6 Å². The number of aromatic nitrogens is 2. The van der Waals surface area contributed by atoms with Crippen LogP contribution < -0.4 is 10.1 Å². The van der Waals surface area contributed by atoms with Gasteiger partial charge in [-0.3, -0.25) is 9.48 Å². The molecule has 2 heterocycles. The van der Waals surface area contributed by atoms with Crippen LogP contribution in [0.15, 0.2) is 48.7 Å². The normalized spacial score (nSPS) is 13.6. The van der Waals surface area contributed by atoms with Crippen molar-refractivity contribution in [1.82, 2.24) is 15.1 Å². The highest BCUT2D eigenvalue weighted by Crippen LogP contribution is 2.34. The number of nitrogens with zero attached hydrogens (tertiary/aromatic N) is 2. The summed E-state index contributed by atoms with van der Waals surface area (Å²) in [5.74, 6) is 0.126. The van der Waals surface area contributed by atoms with E-state index < -0.39 is 29.4 Å². The zero-order valence-corrected chi connectivity index (χ0v) is 17.9. The third-order valence-electron chi connectivity index (χ3n) is 5.45. The number of benzene rings is 2. The number of amides is 1. The maximum absolute atomic E-state index is 13.5. The number of carbonyl (C=O) groups excluding carboxylic acids is 1. The van der Waals surface area contributed by atoms with E-state index in [-0.39, 0.29) is 6.54 Å². The highest BCUT2D eigenvalue weighted by atomic mass is 19.4. The molecule has 168 valence electrons. The Labute approximate surface area is 184 Å². The molecule has 0 aliphatic carbocycles. The minimum absolute atomic E-state index is 0.112. The molecular formula is C24H24F3N3O2. The minimum Gasteiger partial charge on any atom is -0.493 e. The first kappa shape index (κ1) is 21.9. The molecule has 4 rings (SSSR count). The predicted octanol–water partition coefficient (Wildman–Crippen LogP) is 5.40. The molecule has 1 N–H and O–H groups in total. The zero-order chi connectivity index (χ0) is 22.9. The molecule has 0 fully saturated rings. The second-order valence-corrected chi connectivity index (χ2v) is 8.10. The third kappa shape index (κ3) is 4.49. The lowest BCUT2D eigenvalue weighted by atomic mass is 9.98. The molecule has 0 saturated heterocycles. The van der Waals surface area contributed by atoms with Crippen LogP contribution in [0.4, 0.5) is 13.2 Å². The van der Waals surface area contributed by atoms with Gasteiger partial charge < -0.3 is 10.1 Å². The Balaban J connectivity index is 1.46. The van der Waals surface area contributed by atoms with Crippen molar-refractivity contribution in [2.24, 2.45) is 0 Å². The van der Waals surface area contributed by atoms with Gasteiger partial charge in [-0.05, 0) is 61.1 Å². The van der Waals surface area contributed by atoms with Gasteiger partial charge in [-0.2, -0.15) is 18.3 Å². The van der Waals surface area contributed by atoms with Crippen LogP contribution in [0.25, 0.3) is 11.1 Å². The van der Waals surface area contributed by atoms with Crippen molar-refractivity contribution in [2.45, 2.75) is 45.5 Å². The Morgan fingerprint density at radius 1 is 1.16 bits per heavy atom. The number of carbonyl (C=O) groups is 1. The van der Waals surface area contributed by atoms with Gasteiger partial charge in [0.25, 0.3) is 5.91 Å². The van der Waals surface area contributed by atoms with Gasteiger partial charge in [0.05, 0.1) is 18.4 Å². The van der Waals surface area contributed by atoms with Crippen LogP contribution >= 0.6 is 0 Å². The fraction of sp³-hybridized carbons (Fsp3) is 0.333. The van der Waals surface area contributed by atoms with Gasteiger partial charge in [-0.15, -0.1) is 0 Å². The monoisotopic (exact) mass is 443 g/mol. The summed E-state index contributed by atoms with van der Waals surface area (Å²) in [6.07, 6.45) is -1.71. The van der Waals surface area contributed by atoms with E-state index in [0.29, 0.717) is 0 Å². The SMILES string of the molecule is CC(C)n1ncc(C(=O)NCc2ccc(-c3ccc4c(c3)CCCO4)cc2)c1C(F)(F)F. The Kier molecular flexibility index (Phi) is 5.95. The molecule has 3 aromatic rings. The summed E-state index contributed by atoms with van der Waals surface area (Å²) in [4.78, 5) is 12.5. The van der Waals surface area contributed by atoms with E-state index in [2.05, 4.69) is 16.5 Å². The lowest BCUT2D eigenvalue weighted by Gasteiger charge is -2.18. The van der Waals surface area contributed by atoms with Crippen molar-refractivity contribution in [1.29, 1.82) is 0 Å². The molecule has 1 aromatic heterocycles. The van der Waals surface area contributed by atoms with E-state index in [1.807, 2.05) is 36.4 Å². The molecule has 0 atom stereocenters. The molecule has 0 saturated carbocycles. The van der Waals surface area contributed by atoms with Gasteiger partial charge in [0.15, 0.2) is 5.69 Å². The molecule has 2 aromatic carbocycles. The summed E-state index contributed by atoms with van der Waals surface area (Å²) in [5, 5.41) is 6.33. The molecule has 5 nitrogen and oxygen atoms in total. The molecule has 0 spiro atoms. The fourth-order valence-electron chi connectivity index (χ4n) is 3.84. The number of aryl methyl sites for hydroxylation is 1. The summed E-state index contributed by atoms with van der Waals surface area (Å²) >= 11 is 0. The number of ether oxygens (including phenoxy) is 1. The van der Waals surface area contributed by atoms with Crippen molar-refractivity contribution < 1.29 is 22.7 Å². The van der Waals surface area contributed by atoms with E-state index in [9.17, 15) is 18.0 Å².